The minimum absolute atomic E-state index is 0.768. The standard InChI is InChI=1S/C68H44N6/c1-9-25-61-53(17-1)54-18-2-10-26-62(54)71(61)49-37-45(38-50(41-49)72-63-27-11-3-19-55(63)56-20-4-12-28-64(56)72)33-35-47-43-70-48(44-69-47)36-34-46-39-51(73-65-29-13-5-21-57(65)58-22-6-14-30-66(58)73)42-52(40-46)74-67-31-15-7-23-59(67)60-24-8-16-32-68(60)74/h1-44H/b35-33+,36-34?. The predicted octanol–water partition coefficient (Wildman–Crippen LogP) is 17.2. The largest absolute Gasteiger partial charge is 0.309 e. The third kappa shape index (κ3) is 6.66. The Morgan fingerprint density at radius 3 is 0.635 bits per heavy atom. The molecule has 6 heteroatoms. The molecule has 0 aliphatic rings. The smallest absolute Gasteiger partial charge is 0.0813 e. The summed E-state index contributed by atoms with van der Waals surface area (Å²) in [5, 5.41) is 9.82. The van der Waals surface area contributed by atoms with Crippen LogP contribution in [0.1, 0.15) is 22.5 Å². The molecule has 0 spiro atoms. The highest BCUT2D eigenvalue weighted by molar-refractivity contribution is 6.12. The number of rotatable bonds is 8. The first-order chi connectivity index (χ1) is 36.7. The van der Waals surface area contributed by atoms with E-state index in [0.29, 0.717) is 0 Å². The van der Waals surface area contributed by atoms with Crippen molar-refractivity contribution in [2.24, 2.45) is 0 Å². The molecule has 0 fully saturated rings. The van der Waals surface area contributed by atoms with Gasteiger partial charge >= 0.3 is 0 Å². The maximum absolute atomic E-state index is 4.95. The fraction of sp³-hybridized carbons (Fsp3) is 0. The monoisotopic (exact) mass is 944 g/mol. The highest BCUT2D eigenvalue weighted by Crippen LogP contribution is 2.39. The number of hydrogen-bond acceptors (Lipinski definition) is 2. The van der Waals surface area contributed by atoms with E-state index in [1.807, 2.05) is 12.4 Å². The van der Waals surface area contributed by atoms with E-state index in [2.05, 4.69) is 273 Å². The molecule has 0 radical (unpaired) electrons. The summed E-state index contributed by atoms with van der Waals surface area (Å²) < 4.78 is 9.57. The lowest BCUT2D eigenvalue weighted by atomic mass is 10.1. The molecule has 0 saturated heterocycles. The zero-order valence-electron chi connectivity index (χ0n) is 40.1. The first-order valence-corrected chi connectivity index (χ1v) is 25.1. The van der Waals surface area contributed by atoms with Gasteiger partial charge in [0.2, 0.25) is 0 Å². The summed E-state index contributed by atoms with van der Waals surface area (Å²) in [6.45, 7) is 0. The second-order valence-corrected chi connectivity index (χ2v) is 19.1. The van der Waals surface area contributed by atoms with E-state index in [4.69, 9.17) is 9.97 Å². The summed E-state index contributed by atoms with van der Waals surface area (Å²) in [6.07, 6.45) is 12.2. The van der Waals surface area contributed by atoms with E-state index in [-0.39, 0.29) is 0 Å². The number of fused-ring (bicyclic) bond motifs is 12. The molecule has 15 rings (SSSR count). The first-order valence-electron chi connectivity index (χ1n) is 25.1. The first kappa shape index (κ1) is 41.7. The Morgan fingerprint density at radius 1 is 0.230 bits per heavy atom. The summed E-state index contributed by atoms with van der Waals surface area (Å²) in [5.74, 6) is 0. The van der Waals surface area contributed by atoms with Crippen LogP contribution in [0.5, 0.6) is 0 Å². The molecule has 0 unspecified atom stereocenters. The van der Waals surface area contributed by atoms with Crippen LogP contribution in [0.15, 0.2) is 243 Å². The lowest BCUT2D eigenvalue weighted by molar-refractivity contribution is 1.13. The lowest BCUT2D eigenvalue weighted by Gasteiger charge is -2.14. The Morgan fingerprint density at radius 2 is 0.432 bits per heavy atom. The molecule has 15 aromatic rings. The summed E-state index contributed by atoms with van der Waals surface area (Å²) >= 11 is 0. The average Bonchev–Trinajstić information content (AvgIpc) is 4.21. The van der Waals surface area contributed by atoms with Gasteiger partial charge in [0, 0.05) is 65.8 Å². The van der Waals surface area contributed by atoms with Crippen LogP contribution in [0.2, 0.25) is 0 Å². The highest BCUT2D eigenvalue weighted by atomic mass is 15.0. The fourth-order valence-electron chi connectivity index (χ4n) is 11.6. The van der Waals surface area contributed by atoms with Gasteiger partial charge in [-0.05, 0) is 108 Å². The molecule has 0 bridgehead atoms. The zero-order valence-corrected chi connectivity index (χ0v) is 40.1. The van der Waals surface area contributed by atoms with Crippen LogP contribution in [-0.4, -0.2) is 28.2 Å². The average molecular weight is 945 g/mol. The minimum atomic E-state index is 0.768. The molecule has 0 N–H and O–H groups in total. The Kier molecular flexibility index (Phi) is 9.47. The Hall–Kier alpha value is -10.0. The van der Waals surface area contributed by atoms with Crippen molar-refractivity contribution < 1.29 is 0 Å². The van der Waals surface area contributed by atoms with Gasteiger partial charge in [-0.25, -0.2) is 0 Å². The van der Waals surface area contributed by atoms with E-state index >= 15 is 0 Å². The van der Waals surface area contributed by atoms with Crippen LogP contribution in [-0.2, 0) is 0 Å². The van der Waals surface area contributed by atoms with E-state index in [9.17, 15) is 0 Å². The van der Waals surface area contributed by atoms with Crippen molar-refractivity contribution in [1.82, 2.24) is 28.2 Å². The maximum Gasteiger partial charge on any atom is 0.0813 e. The molecule has 0 aliphatic carbocycles. The summed E-state index contributed by atoms with van der Waals surface area (Å²) in [5.41, 5.74) is 17.3. The normalized spacial score (nSPS) is 12.2. The molecule has 10 aromatic carbocycles. The summed E-state index contributed by atoms with van der Waals surface area (Å²) in [4.78, 5) is 9.90. The quantitative estimate of drug-likeness (QED) is 0.152. The van der Waals surface area contributed by atoms with Crippen LogP contribution in [0.3, 0.4) is 0 Å². The molecule has 5 heterocycles. The minimum Gasteiger partial charge on any atom is -0.309 e. The summed E-state index contributed by atoms with van der Waals surface area (Å²) in [7, 11) is 0. The lowest BCUT2D eigenvalue weighted by Crippen LogP contribution is -2.00. The van der Waals surface area contributed by atoms with Crippen LogP contribution in [0.4, 0.5) is 0 Å². The van der Waals surface area contributed by atoms with Crippen LogP contribution in [0, 0.1) is 0 Å². The van der Waals surface area contributed by atoms with Crippen molar-refractivity contribution >= 4 is 112 Å². The predicted molar refractivity (Wildman–Crippen MR) is 310 cm³/mol. The van der Waals surface area contributed by atoms with Gasteiger partial charge in [0.05, 0.1) is 67.9 Å². The topological polar surface area (TPSA) is 45.5 Å². The van der Waals surface area contributed by atoms with Crippen LogP contribution in [0.25, 0.3) is 134 Å². The van der Waals surface area contributed by atoms with E-state index < -0.39 is 0 Å². The van der Waals surface area contributed by atoms with Gasteiger partial charge in [0.15, 0.2) is 0 Å². The molecule has 6 nitrogen and oxygen atoms in total. The molecule has 0 saturated carbocycles. The molecular weight excluding hydrogens is 901 g/mol. The van der Waals surface area contributed by atoms with Crippen molar-refractivity contribution in [3.05, 3.63) is 265 Å². The molecular formula is C68H44N6. The molecule has 346 valence electrons. The maximum atomic E-state index is 4.95. The third-order valence-electron chi connectivity index (χ3n) is 14.8. The van der Waals surface area contributed by atoms with Crippen molar-refractivity contribution in [3.63, 3.8) is 0 Å². The number of para-hydroxylation sites is 8. The molecule has 74 heavy (non-hydrogen) atoms. The molecule has 0 aliphatic heterocycles. The van der Waals surface area contributed by atoms with Crippen molar-refractivity contribution in [3.8, 4) is 22.7 Å². The molecule has 5 aromatic heterocycles. The second-order valence-electron chi connectivity index (χ2n) is 19.1. The number of nitrogens with zero attached hydrogens (tertiary/aromatic N) is 6. The summed E-state index contributed by atoms with van der Waals surface area (Å²) in [6, 6.07) is 83.3. The van der Waals surface area contributed by atoms with Gasteiger partial charge in [0.1, 0.15) is 0 Å². The van der Waals surface area contributed by atoms with E-state index in [1.165, 1.54) is 87.2 Å². The number of aromatic nitrogens is 6. The van der Waals surface area contributed by atoms with E-state index in [0.717, 1.165) is 45.3 Å². The van der Waals surface area contributed by atoms with Gasteiger partial charge in [-0.1, -0.05) is 158 Å². The van der Waals surface area contributed by atoms with Crippen molar-refractivity contribution in [1.29, 1.82) is 0 Å². The second kappa shape index (κ2) is 16.8. The van der Waals surface area contributed by atoms with E-state index in [1.54, 1.807) is 0 Å². The number of benzene rings is 10. The van der Waals surface area contributed by atoms with Gasteiger partial charge in [-0.2, -0.15) is 0 Å². The fourth-order valence-corrected chi connectivity index (χ4v) is 11.6. The Bertz CT molecular complexity index is 4000. The van der Waals surface area contributed by atoms with Gasteiger partial charge in [-0.3, -0.25) is 9.97 Å². The Labute approximate surface area is 425 Å². The van der Waals surface area contributed by atoms with Gasteiger partial charge < -0.3 is 18.3 Å². The highest BCUT2D eigenvalue weighted by Gasteiger charge is 2.19. The molecule has 0 amide bonds. The third-order valence-corrected chi connectivity index (χ3v) is 14.8. The van der Waals surface area contributed by atoms with Crippen LogP contribution >= 0.6 is 0 Å². The zero-order chi connectivity index (χ0) is 48.7. The van der Waals surface area contributed by atoms with Crippen LogP contribution < -0.4 is 0 Å². The molecule has 0 atom stereocenters. The SMILES string of the molecule is C(=Cc1cnc(/C=C/c2cc(-n3c4ccccc4c4ccccc43)cc(-n3c4ccccc4c4ccccc43)c2)cn1)c1cc(-n2c3ccccc3c3ccccc32)cc(-n2c3ccccc3c3ccccc32)c1. The van der Waals surface area contributed by atoms with Gasteiger partial charge in [0.25, 0.3) is 0 Å². The number of hydrogen-bond donors (Lipinski definition) is 0. The Balaban J connectivity index is 0.826. The van der Waals surface area contributed by atoms with Crippen molar-refractivity contribution in [2.75, 3.05) is 0 Å². The van der Waals surface area contributed by atoms with Crippen molar-refractivity contribution in [2.45, 2.75) is 0 Å². The van der Waals surface area contributed by atoms with Gasteiger partial charge in [-0.15, -0.1) is 0 Å².